The van der Waals surface area contributed by atoms with Gasteiger partial charge < -0.3 is 5.32 Å². The second kappa shape index (κ2) is 8.37. The van der Waals surface area contributed by atoms with Crippen molar-refractivity contribution in [1.29, 1.82) is 0 Å². The highest BCUT2D eigenvalue weighted by atomic mass is 32.2. The van der Waals surface area contributed by atoms with E-state index in [4.69, 9.17) is 0 Å². The Morgan fingerprint density at radius 2 is 1.77 bits per heavy atom. The van der Waals surface area contributed by atoms with E-state index in [0.29, 0.717) is 24.3 Å². The zero-order chi connectivity index (χ0) is 21.1. The molecule has 2 heterocycles. The van der Waals surface area contributed by atoms with E-state index < -0.39 is 15.9 Å². The Bertz CT molecular complexity index is 1150. The number of hydrogen-bond donors (Lipinski definition) is 1. The van der Waals surface area contributed by atoms with Gasteiger partial charge in [0.25, 0.3) is 5.91 Å². The average molecular weight is 426 g/mol. The van der Waals surface area contributed by atoms with Gasteiger partial charge in [0.05, 0.1) is 16.8 Å². The monoisotopic (exact) mass is 425 g/mol. The molecular weight excluding hydrogens is 402 g/mol. The second-order valence-corrected chi connectivity index (χ2v) is 9.16. The molecule has 1 aromatic heterocycles. The highest BCUT2D eigenvalue weighted by molar-refractivity contribution is 7.89. The van der Waals surface area contributed by atoms with Crippen LogP contribution in [0.5, 0.6) is 0 Å². The van der Waals surface area contributed by atoms with Crippen molar-refractivity contribution in [2.75, 3.05) is 18.4 Å². The molecule has 0 bridgehead atoms. The molecule has 1 aliphatic heterocycles. The normalized spacial score (nSPS) is 15.1. The van der Waals surface area contributed by atoms with Crippen molar-refractivity contribution in [3.8, 4) is 5.69 Å². The molecule has 0 aliphatic carbocycles. The van der Waals surface area contributed by atoms with E-state index in [2.05, 4.69) is 15.5 Å². The van der Waals surface area contributed by atoms with Crippen molar-refractivity contribution in [1.82, 2.24) is 19.3 Å². The van der Waals surface area contributed by atoms with Crippen molar-refractivity contribution >= 4 is 21.6 Å². The Hall–Kier alpha value is -3.04. The van der Waals surface area contributed by atoms with Crippen LogP contribution in [0.15, 0.2) is 59.6 Å². The lowest BCUT2D eigenvalue weighted by molar-refractivity contribution is 0.102. The first-order chi connectivity index (χ1) is 14.4. The Morgan fingerprint density at radius 3 is 2.50 bits per heavy atom. The van der Waals surface area contributed by atoms with Gasteiger partial charge in [0.2, 0.25) is 10.0 Å². The van der Waals surface area contributed by atoms with Crippen molar-refractivity contribution in [2.24, 2.45) is 0 Å². The third-order valence-corrected chi connectivity index (χ3v) is 7.13. The van der Waals surface area contributed by atoms with Crippen LogP contribution < -0.4 is 5.32 Å². The smallest absolute Gasteiger partial charge is 0.277 e. The number of sulfonamides is 1. The summed E-state index contributed by atoms with van der Waals surface area (Å²) < 4.78 is 27.7. The molecule has 9 heteroatoms. The molecule has 1 amide bonds. The van der Waals surface area contributed by atoms with Crippen molar-refractivity contribution in [3.05, 3.63) is 66.0 Å². The number of nitrogens with one attached hydrogen (secondary N) is 1. The van der Waals surface area contributed by atoms with Crippen LogP contribution >= 0.6 is 0 Å². The molecule has 30 heavy (non-hydrogen) atoms. The van der Waals surface area contributed by atoms with E-state index in [1.807, 2.05) is 30.3 Å². The summed E-state index contributed by atoms with van der Waals surface area (Å²) in [4.78, 5) is 14.2. The van der Waals surface area contributed by atoms with Crippen LogP contribution in [-0.2, 0) is 10.0 Å². The number of hydrogen-bond acceptors (Lipinski definition) is 5. The van der Waals surface area contributed by atoms with E-state index >= 15 is 0 Å². The first-order valence-corrected chi connectivity index (χ1v) is 11.3. The number of para-hydroxylation sites is 1. The fourth-order valence-corrected chi connectivity index (χ4v) is 5.22. The van der Waals surface area contributed by atoms with Gasteiger partial charge >= 0.3 is 0 Å². The maximum atomic E-state index is 13.1. The molecule has 0 radical (unpaired) electrons. The van der Waals surface area contributed by atoms with E-state index in [9.17, 15) is 13.2 Å². The summed E-state index contributed by atoms with van der Waals surface area (Å²) in [5, 5.41) is 11.1. The molecule has 1 fully saturated rings. The largest absolute Gasteiger partial charge is 0.321 e. The number of rotatable bonds is 5. The van der Waals surface area contributed by atoms with Crippen LogP contribution in [0, 0.1) is 6.92 Å². The predicted molar refractivity (Wildman–Crippen MR) is 113 cm³/mol. The number of aromatic nitrogens is 3. The second-order valence-electron chi connectivity index (χ2n) is 7.25. The number of nitrogens with zero attached hydrogens (tertiary/aromatic N) is 4. The quantitative estimate of drug-likeness (QED) is 0.678. The van der Waals surface area contributed by atoms with Gasteiger partial charge in [-0.3, -0.25) is 4.79 Å². The summed E-state index contributed by atoms with van der Waals surface area (Å²) in [6.07, 6.45) is 4.16. The van der Waals surface area contributed by atoms with E-state index in [1.165, 1.54) is 21.4 Å². The van der Waals surface area contributed by atoms with Gasteiger partial charge in [-0.2, -0.15) is 14.2 Å². The fraction of sp³-hybridized carbons (Fsp3) is 0.286. The zero-order valence-electron chi connectivity index (χ0n) is 16.7. The van der Waals surface area contributed by atoms with E-state index in [0.717, 1.165) is 24.9 Å². The standard InChI is InChI=1S/C21H23N5O3S/c1-16-10-11-17(14-20(16)30(28,29)25-12-6-3-7-13-25)23-21(27)19-15-22-26(24-19)18-8-4-2-5-9-18/h2,4-5,8-11,14-15H,3,6-7,12-13H2,1H3,(H,23,27). The summed E-state index contributed by atoms with van der Waals surface area (Å²) >= 11 is 0. The van der Waals surface area contributed by atoms with Crippen LogP contribution in [-0.4, -0.2) is 46.7 Å². The highest BCUT2D eigenvalue weighted by Crippen LogP contribution is 2.26. The summed E-state index contributed by atoms with van der Waals surface area (Å²) in [5.74, 6) is -0.456. The lowest BCUT2D eigenvalue weighted by Crippen LogP contribution is -2.36. The van der Waals surface area contributed by atoms with Crippen LogP contribution in [0.4, 0.5) is 5.69 Å². The number of carbonyl (C=O) groups excluding carboxylic acids is 1. The van der Waals surface area contributed by atoms with Gasteiger partial charge in [-0.05, 0) is 49.6 Å². The number of piperidine rings is 1. The Morgan fingerprint density at radius 1 is 1.03 bits per heavy atom. The molecule has 1 saturated heterocycles. The van der Waals surface area contributed by atoms with Crippen LogP contribution in [0.1, 0.15) is 35.3 Å². The molecule has 0 spiro atoms. The molecule has 2 aromatic carbocycles. The number of benzene rings is 2. The lowest BCUT2D eigenvalue weighted by Gasteiger charge is -2.26. The van der Waals surface area contributed by atoms with Crippen molar-refractivity contribution in [2.45, 2.75) is 31.1 Å². The third-order valence-electron chi connectivity index (χ3n) is 5.09. The van der Waals surface area contributed by atoms with Gasteiger partial charge in [0, 0.05) is 18.8 Å². The molecule has 0 saturated carbocycles. The lowest BCUT2D eigenvalue weighted by atomic mass is 10.2. The van der Waals surface area contributed by atoms with Gasteiger partial charge in [-0.25, -0.2) is 8.42 Å². The summed E-state index contributed by atoms with van der Waals surface area (Å²) in [5.41, 5.74) is 1.92. The molecule has 8 nitrogen and oxygen atoms in total. The van der Waals surface area contributed by atoms with Crippen LogP contribution in [0.3, 0.4) is 0 Å². The molecule has 3 aromatic rings. The van der Waals surface area contributed by atoms with Crippen LogP contribution in [0.25, 0.3) is 5.69 Å². The average Bonchev–Trinajstić information content (AvgIpc) is 3.27. The van der Waals surface area contributed by atoms with Crippen molar-refractivity contribution < 1.29 is 13.2 Å². The zero-order valence-corrected chi connectivity index (χ0v) is 17.5. The van der Waals surface area contributed by atoms with Gasteiger partial charge in [-0.1, -0.05) is 30.7 Å². The maximum Gasteiger partial charge on any atom is 0.277 e. The number of carbonyl (C=O) groups is 1. The molecule has 4 rings (SSSR count). The molecular formula is C21H23N5O3S. The Kier molecular flexibility index (Phi) is 5.65. The third kappa shape index (κ3) is 4.12. The molecule has 1 aliphatic rings. The van der Waals surface area contributed by atoms with Gasteiger partial charge in [0.1, 0.15) is 0 Å². The summed E-state index contributed by atoms with van der Waals surface area (Å²) in [6.45, 7) is 2.82. The minimum absolute atomic E-state index is 0.139. The highest BCUT2D eigenvalue weighted by Gasteiger charge is 2.27. The topological polar surface area (TPSA) is 97.2 Å². The molecule has 0 atom stereocenters. The number of anilines is 1. The number of amides is 1. The van der Waals surface area contributed by atoms with Gasteiger partial charge in [-0.15, -0.1) is 5.10 Å². The summed E-state index contributed by atoms with van der Waals surface area (Å²) in [7, 11) is -3.60. The minimum Gasteiger partial charge on any atom is -0.321 e. The van der Waals surface area contributed by atoms with Gasteiger partial charge in [0.15, 0.2) is 5.69 Å². The van der Waals surface area contributed by atoms with E-state index in [-0.39, 0.29) is 10.6 Å². The summed E-state index contributed by atoms with van der Waals surface area (Å²) in [6, 6.07) is 14.2. The fourth-order valence-electron chi connectivity index (χ4n) is 3.45. The van der Waals surface area contributed by atoms with Crippen molar-refractivity contribution in [3.63, 3.8) is 0 Å². The molecule has 156 valence electrons. The maximum absolute atomic E-state index is 13.1. The predicted octanol–water partition coefficient (Wildman–Crippen LogP) is 3.00. The number of aryl methyl sites for hydroxylation is 1. The first-order valence-electron chi connectivity index (χ1n) is 9.85. The SMILES string of the molecule is Cc1ccc(NC(=O)c2cnn(-c3ccccc3)n2)cc1S(=O)(=O)N1CCCCC1. The Balaban J connectivity index is 1.55. The Labute approximate surface area is 175 Å². The first kappa shape index (κ1) is 20.2. The molecule has 0 unspecified atom stereocenters. The molecule has 1 N–H and O–H groups in total. The van der Waals surface area contributed by atoms with E-state index in [1.54, 1.807) is 19.1 Å². The van der Waals surface area contributed by atoms with Crippen LogP contribution in [0.2, 0.25) is 0 Å². The minimum atomic E-state index is -3.60.